The van der Waals surface area contributed by atoms with Crippen LogP contribution in [-0.2, 0) is 6.54 Å². The lowest BCUT2D eigenvalue weighted by Gasteiger charge is -2.17. The van der Waals surface area contributed by atoms with Crippen LogP contribution in [0.3, 0.4) is 0 Å². The molecule has 0 saturated heterocycles. The van der Waals surface area contributed by atoms with Crippen LogP contribution in [0.4, 0.5) is 0 Å². The number of aromatic amines is 2. The molecule has 7 nitrogen and oxygen atoms in total. The molecular formula is C13H20N4O3S2. The minimum absolute atomic E-state index is 0.198. The highest BCUT2D eigenvalue weighted by Crippen LogP contribution is 2.15. The molecule has 0 radical (unpaired) electrons. The van der Waals surface area contributed by atoms with Crippen molar-refractivity contribution in [3.05, 3.63) is 22.1 Å². The van der Waals surface area contributed by atoms with Crippen molar-refractivity contribution in [2.75, 3.05) is 24.8 Å². The number of fused-ring (bicyclic) bond motifs is 1. The lowest BCUT2D eigenvalue weighted by Crippen LogP contribution is -2.37. The third kappa shape index (κ3) is 4.05. The summed E-state index contributed by atoms with van der Waals surface area (Å²) < 4.78 is 0. The number of hydrogen-bond acceptors (Lipinski definition) is 7. The molecule has 0 fully saturated rings. The predicted molar refractivity (Wildman–Crippen MR) is 90.6 cm³/mol. The number of H-pyrrole nitrogens is 2. The van der Waals surface area contributed by atoms with Crippen molar-refractivity contribution in [3.63, 3.8) is 0 Å². The molecule has 2 unspecified atom stereocenters. The van der Waals surface area contributed by atoms with Crippen LogP contribution in [0.15, 0.2) is 16.1 Å². The van der Waals surface area contributed by atoms with E-state index in [0.717, 1.165) is 5.56 Å². The van der Waals surface area contributed by atoms with E-state index in [-0.39, 0.29) is 12.1 Å². The van der Waals surface area contributed by atoms with Gasteiger partial charge in [0.25, 0.3) is 5.56 Å². The molecule has 0 aromatic carbocycles. The maximum atomic E-state index is 11.9. The molecule has 2 rings (SSSR count). The van der Waals surface area contributed by atoms with Crippen molar-refractivity contribution in [2.45, 2.75) is 23.9 Å². The maximum Gasteiger partial charge on any atom is 0.275 e. The average molecular weight is 344 g/mol. The summed E-state index contributed by atoms with van der Waals surface area (Å²) in [4.78, 5) is 21.9. The summed E-state index contributed by atoms with van der Waals surface area (Å²) in [6.07, 6.45) is 3.87. The molecule has 2 atom stereocenters. The Kier molecular flexibility index (Phi) is 6.33. The number of aliphatic hydroxyl groups is 2. The highest BCUT2D eigenvalue weighted by atomic mass is 32.2. The van der Waals surface area contributed by atoms with Crippen molar-refractivity contribution >= 4 is 34.6 Å². The molecular weight excluding hydrogens is 324 g/mol. The molecule has 122 valence electrons. The van der Waals surface area contributed by atoms with Crippen molar-refractivity contribution in [1.29, 1.82) is 0 Å². The molecule has 2 heterocycles. The van der Waals surface area contributed by atoms with Gasteiger partial charge < -0.3 is 20.5 Å². The molecule has 0 aliphatic heterocycles. The van der Waals surface area contributed by atoms with Crippen LogP contribution in [0.5, 0.6) is 0 Å². The predicted octanol–water partition coefficient (Wildman–Crippen LogP) is 0.147. The Morgan fingerprint density at radius 1 is 1.36 bits per heavy atom. The van der Waals surface area contributed by atoms with Gasteiger partial charge in [0.15, 0.2) is 5.16 Å². The fourth-order valence-corrected chi connectivity index (χ4v) is 2.99. The highest BCUT2D eigenvalue weighted by Gasteiger charge is 2.16. The van der Waals surface area contributed by atoms with Gasteiger partial charge in [-0.2, -0.15) is 11.8 Å². The topological polar surface area (TPSA) is 114 Å². The van der Waals surface area contributed by atoms with E-state index in [1.807, 2.05) is 12.5 Å². The van der Waals surface area contributed by atoms with Crippen LogP contribution in [0.25, 0.3) is 11.0 Å². The summed E-state index contributed by atoms with van der Waals surface area (Å²) in [5.41, 5.74) is 1.72. The van der Waals surface area contributed by atoms with Crippen molar-refractivity contribution in [3.8, 4) is 0 Å². The van der Waals surface area contributed by atoms with Crippen LogP contribution in [0.1, 0.15) is 5.56 Å². The number of aromatic nitrogens is 3. The fraction of sp³-hybridized carbons (Fsp3) is 0.538. The van der Waals surface area contributed by atoms with E-state index in [1.54, 1.807) is 6.20 Å². The SMILES string of the molecule is CSCC(O)C(O)CNCc1c[nH]c2c(=O)[nH]c(SC)nc12. The largest absolute Gasteiger partial charge is 0.390 e. The molecule has 0 aliphatic rings. The van der Waals surface area contributed by atoms with Crippen LogP contribution >= 0.6 is 23.5 Å². The average Bonchev–Trinajstić information content (AvgIpc) is 2.91. The second kappa shape index (κ2) is 8.02. The van der Waals surface area contributed by atoms with Gasteiger partial charge in [-0.1, -0.05) is 11.8 Å². The minimum Gasteiger partial charge on any atom is -0.390 e. The Morgan fingerprint density at radius 3 is 2.82 bits per heavy atom. The highest BCUT2D eigenvalue weighted by molar-refractivity contribution is 7.98. The second-order valence-electron chi connectivity index (χ2n) is 4.83. The Labute approximate surface area is 136 Å². The first kappa shape index (κ1) is 17.4. The van der Waals surface area contributed by atoms with Crippen LogP contribution in [0.2, 0.25) is 0 Å². The first-order valence-electron chi connectivity index (χ1n) is 6.76. The molecule has 0 saturated carbocycles. The first-order chi connectivity index (χ1) is 10.6. The smallest absolute Gasteiger partial charge is 0.275 e. The molecule has 22 heavy (non-hydrogen) atoms. The Balaban J connectivity index is 2.03. The van der Waals surface area contributed by atoms with Gasteiger partial charge in [-0.05, 0) is 12.5 Å². The van der Waals surface area contributed by atoms with Gasteiger partial charge in [0.2, 0.25) is 0 Å². The summed E-state index contributed by atoms with van der Waals surface area (Å²) in [6, 6.07) is 0. The lowest BCUT2D eigenvalue weighted by atomic mass is 10.2. The first-order valence-corrected chi connectivity index (χ1v) is 9.38. The minimum atomic E-state index is -0.823. The Hall–Kier alpha value is -1.00. The molecule has 5 N–H and O–H groups in total. The van der Waals surface area contributed by atoms with E-state index in [2.05, 4.69) is 20.3 Å². The number of aliphatic hydroxyl groups excluding tert-OH is 2. The van der Waals surface area contributed by atoms with Crippen molar-refractivity contribution in [1.82, 2.24) is 20.3 Å². The van der Waals surface area contributed by atoms with Gasteiger partial charge in [0.05, 0.1) is 12.2 Å². The number of hydrogen-bond donors (Lipinski definition) is 5. The van der Waals surface area contributed by atoms with Crippen LogP contribution in [-0.4, -0.2) is 62.2 Å². The zero-order valence-electron chi connectivity index (χ0n) is 12.4. The van der Waals surface area contributed by atoms with Gasteiger partial charge in [-0.3, -0.25) is 9.78 Å². The van der Waals surface area contributed by atoms with E-state index in [0.29, 0.717) is 28.5 Å². The molecule has 0 aliphatic carbocycles. The third-order valence-corrected chi connectivity index (χ3v) is 4.49. The maximum absolute atomic E-state index is 11.9. The van der Waals surface area contributed by atoms with Gasteiger partial charge >= 0.3 is 0 Å². The zero-order valence-corrected chi connectivity index (χ0v) is 14.1. The molecule has 0 spiro atoms. The normalized spacial score (nSPS) is 14.4. The summed E-state index contributed by atoms with van der Waals surface area (Å²) in [5, 5.41) is 23.1. The standard InChI is InChI=1S/C13H20N4O3S2/c1-21-6-9(19)8(18)5-14-3-7-4-15-11-10(7)16-13(22-2)17-12(11)20/h4,8-9,14-15,18-19H,3,5-6H2,1-2H3,(H,16,17,20). The van der Waals surface area contributed by atoms with Gasteiger partial charge in [-0.15, -0.1) is 0 Å². The Bertz CT molecular complexity index is 673. The van der Waals surface area contributed by atoms with Gasteiger partial charge in [0, 0.05) is 30.6 Å². The number of rotatable bonds is 8. The Morgan fingerprint density at radius 2 is 2.14 bits per heavy atom. The van der Waals surface area contributed by atoms with Crippen LogP contribution in [0, 0.1) is 0 Å². The molecule has 0 bridgehead atoms. The zero-order chi connectivity index (χ0) is 16.1. The summed E-state index contributed by atoms with van der Waals surface area (Å²) >= 11 is 2.86. The molecule has 0 amide bonds. The van der Waals surface area contributed by atoms with Crippen molar-refractivity contribution in [2.24, 2.45) is 0 Å². The number of nitrogens with one attached hydrogen (secondary N) is 3. The van der Waals surface area contributed by atoms with E-state index >= 15 is 0 Å². The summed E-state index contributed by atoms with van der Waals surface area (Å²) in [7, 11) is 0. The molecule has 2 aromatic heterocycles. The van der Waals surface area contributed by atoms with Crippen molar-refractivity contribution < 1.29 is 10.2 Å². The third-order valence-electron chi connectivity index (χ3n) is 3.24. The summed E-state index contributed by atoms with van der Waals surface area (Å²) in [6.45, 7) is 0.723. The fourth-order valence-electron chi connectivity index (χ4n) is 2.05. The monoisotopic (exact) mass is 344 g/mol. The van der Waals surface area contributed by atoms with Gasteiger partial charge in [0.1, 0.15) is 11.0 Å². The number of thioether (sulfide) groups is 2. The quantitative estimate of drug-likeness (QED) is 0.342. The van der Waals surface area contributed by atoms with E-state index < -0.39 is 12.2 Å². The molecule has 9 heteroatoms. The van der Waals surface area contributed by atoms with E-state index in [1.165, 1.54) is 23.5 Å². The van der Waals surface area contributed by atoms with E-state index in [4.69, 9.17) is 0 Å². The summed E-state index contributed by atoms with van der Waals surface area (Å²) in [5.74, 6) is 0.490. The molecule has 2 aromatic rings. The second-order valence-corrected chi connectivity index (χ2v) is 6.54. The lowest BCUT2D eigenvalue weighted by molar-refractivity contribution is 0.0347. The van der Waals surface area contributed by atoms with E-state index in [9.17, 15) is 15.0 Å². The number of nitrogens with zero attached hydrogens (tertiary/aromatic N) is 1. The van der Waals surface area contributed by atoms with Crippen LogP contribution < -0.4 is 10.9 Å². The van der Waals surface area contributed by atoms with Gasteiger partial charge in [-0.25, -0.2) is 4.98 Å².